The first-order valence-electron chi connectivity index (χ1n) is 14.5. The number of rotatable bonds is 2. The molecule has 0 spiro atoms. The van der Waals surface area contributed by atoms with E-state index in [2.05, 4.69) is 69.8 Å². The van der Waals surface area contributed by atoms with Gasteiger partial charge in [0, 0.05) is 43.7 Å². The van der Waals surface area contributed by atoms with Gasteiger partial charge >= 0.3 is 0 Å². The Hall–Kier alpha value is -6.81. The third kappa shape index (κ3) is 3.35. The number of aromatic nitrogens is 2. The van der Waals surface area contributed by atoms with Gasteiger partial charge < -0.3 is 13.6 Å². The van der Waals surface area contributed by atoms with Crippen LogP contribution < -0.4 is 0 Å². The number of hydrogen-bond acceptors (Lipinski definition) is 4. The van der Waals surface area contributed by atoms with Crippen molar-refractivity contribution in [1.29, 1.82) is 15.8 Å². The van der Waals surface area contributed by atoms with E-state index < -0.39 is 0 Å². The van der Waals surface area contributed by atoms with Gasteiger partial charge in [-0.15, -0.1) is 0 Å². The summed E-state index contributed by atoms with van der Waals surface area (Å²) >= 11 is 0. The van der Waals surface area contributed by atoms with Gasteiger partial charge in [-0.3, -0.25) is 0 Å². The molecule has 9 rings (SSSR count). The number of nitrogens with zero attached hydrogens (tertiary/aromatic N) is 5. The van der Waals surface area contributed by atoms with Gasteiger partial charge in [-0.2, -0.15) is 15.8 Å². The highest BCUT2D eigenvalue weighted by atomic mass is 16.3. The van der Waals surface area contributed by atoms with E-state index in [1.807, 2.05) is 66.7 Å². The van der Waals surface area contributed by atoms with Crippen molar-refractivity contribution in [2.45, 2.75) is 0 Å². The lowest BCUT2D eigenvalue weighted by atomic mass is 10.0. The average Bonchev–Trinajstić information content (AvgIpc) is 3.75. The summed E-state index contributed by atoms with van der Waals surface area (Å²) in [7, 11) is 0. The maximum absolute atomic E-state index is 9.74. The molecule has 0 aliphatic carbocycles. The largest absolute Gasteiger partial charge is 0.455 e. The first kappa shape index (κ1) is 24.8. The number of furan rings is 1. The fourth-order valence-corrected chi connectivity index (χ4v) is 6.93. The van der Waals surface area contributed by atoms with Crippen molar-refractivity contribution in [2.75, 3.05) is 0 Å². The van der Waals surface area contributed by atoms with Gasteiger partial charge in [0.05, 0.1) is 50.9 Å². The van der Waals surface area contributed by atoms with Crippen LogP contribution in [-0.4, -0.2) is 9.13 Å². The van der Waals surface area contributed by atoms with Crippen LogP contribution in [0.15, 0.2) is 120 Å². The molecule has 6 aromatic carbocycles. The third-order valence-corrected chi connectivity index (χ3v) is 8.79. The second-order valence-electron chi connectivity index (χ2n) is 11.1. The highest BCUT2D eigenvalue weighted by Gasteiger charge is 2.20. The van der Waals surface area contributed by atoms with Crippen molar-refractivity contribution in [2.24, 2.45) is 0 Å². The van der Waals surface area contributed by atoms with Gasteiger partial charge in [-0.05, 0) is 78.9 Å². The summed E-state index contributed by atoms with van der Waals surface area (Å²) in [6.45, 7) is 0. The molecule has 0 unspecified atom stereocenters. The molecule has 45 heavy (non-hydrogen) atoms. The van der Waals surface area contributed by atoms with Crippen molar-refractivity contribution < 1.29 is 4.42 Å². The van der Waals surface area contributed by atoms with E-state index in [0.717, 1.165) is 71.3 Å². The van der Waals surface area contributed by atoms with Crippen molar-refractivity contribution in [3.8, 4) is 29.6 Å². The SMILES string of the molecule is N#Cc1ccc2c(c1)c1cc(C#N)ccc1n2-c1cccc(-n2c3ccccc3c3c4c(ccc32)oc2c(C#N)cccc24)c1. The predicted octanol–water partition coefficient (Wildman–Crippen LogP) is 9.40. The molecular weight excluding hydrogens is 554 g/mol. The fraction of sp³-hybridized carbons (Fsp3) is 0. The smallest absolute Gasteiger partial charge is 0.153 e. The normalized spacial score (nSPS) is 11.5. The molecule has 0 atom stereocenters. The fourth-order valence-electron chi connectivity index (χ4n) is 6.93. The average molecular weight is 574 g/mol. The van der Waals surface area contributed by atoms with Gasteiger partial charge in [-0.25, -0.2) is 0 Å². The molecule has 0 radical (unpaired) electrons. The number of nitriles is 3. The molecule has 0 saturated heterocycles. The zero-order chi connectivity index (χ0) is 30.2. The van der Waals surface area contributed by atoms with Crippen LogP contribution in [0.25, 0.3) is 76.9 Å². The zero-order valence-corrected chi connectivity index (χ0v) is 23.6. The summed E-state index contributed by atoms with van der Waals surface area (Å²) in [5, 5.41) is 34.9. The summed E-state index contributed by atoms with van der Waals surface area (Å²) in [6, 6.07) is 44.7. The summed E-state index contributed by atoms with van der Waals surface area (Å²) in [6.07, 6.45) is 0. The topological polar surface area (TPSA) is 94.4 Å². The van der Waals surface area contributed by atoms with Crippen LogP contribution in [0.1, 0.15) is 16.7 Å². The molecule has 0 N–H and O–H groups in total. The van der Waals surface area contributed by atoms with Crippen LogP contribution in [0.5, 0.6) is 0 Å². The minimum atomic E-state index is 0.517. The van der Waals surface area contributed by atoms with Crippen molar-refractivity contribution >= 4 is 65.6 Å². The molecule has 3 heterocycles. The first-order valence-corrected chi connectivity index (χ1v) is 14.5. The Labute approximate surface area is 256 Å². The molecule has 0 amide bonds. The lowest BCUT2D eigenvalue weighted by Crippen LogP contribution is -1.98. The Morgan fingerprint density at radius 2 is 1.07 bits per heavy atom. The minimum absolute atomic E-state index is 0.517. The maximum atomic E-state index is 9.74. The van der Waals surface area contributed by atoms with Crippen LogP contribution in [0, 0.1) is 34.0 Å². The summed E-state index contributed by atoms with van der Waals surface area (Å²) in [5.41, 5.74) is 8.96. The number of benzene rings is 6. The molecule has 206 valence electrons. The van der Waals surface area contributed by atoms with E-state index in [1.54, 1.807) is 6.07 Å². The van der Waals surface area contributed by atoms with Crippen LogP contribution in [0.3, 0.4) is 0 Å². The monoisotopic (exact) mass is 573 g/mol. The van der Waals surface area contributed by atoms with Crippen molar-refractivity contribution in [1.82, 2.24) is 9.13 Å². The van der Waals surface area contributed by atoms with Gasteiger partial charge in [0.1, 0.15) is 11.7 Å². The van der Waals surface area contributed by atoms with E-state index in [4.69, 9.17) is 4.42 Å². The molecule has 0 bridgehead atoms. The second-order valence-corrected chi connectivity index (χ2v) is 11.1. The summed E-state index contributed by atoms with van der Waals surface area (Å²) in [4.78, 5) is 0. The third-order valence-electron chi connectivity index (χ3n) is 8.79. The Morgan fingerprint density at radius 3 is 1.76 bits per heavy atom. The van der Waals surface area contributed by atoms with E-state index in [0.29, 0.717) is 22.3 Å². The minimum Gasteiger partial charge on any atom is -0.455 e. The maximum Gasteiger partial charge on any atom is 0.153 e. The molecule has 6 heteroatoms. The number of fused-ring (bicyclic) bond motifs is 10. The summed E-state index contributed by atoms with van der Waals surface area (Å²) in [5.74, 6) is 0. The van der Waals surface area contributed by atoms with Crippen LogP contribution in [0.2, 0.25) is 0 Å². The van der Waals surface area contributed by atoms with E-state index in [9.17, 15) is 15.8 Å². The molecule has 9 aromatic rings. The molecule has 0 aliphatic heterocycles. The molecule has 0 fully saturated rings. The highest BCUT2D eigenvalue weighted by Crippen LogP contribution is 2.42. The number of para-hydroxylation sites is 2. The van der Waals surface area contributed by atoms with Crippen LogP contribution >= 0.6 is 0 Å². The highest BCUT2D eigenvalue weighted by molar-refractivity contribution is 6.27. The second kappa shape index (κ2) is 9.09. The molecule has 6 nitrogen and oxygen atoms in total. The Morgan fingerprint density at radius 1 is 0.467 bits per heavy atom. The van der Waals surface area contributed by atoms with E-state index >= 15 is 0 Å². The van der Waals surface area contributed by atoms with Crippen molar-refractivity contribution in [3.63, 3.8) is 0 Å². The quantitative estimate of drug-likeness (QED) is 0.206. The summed E-state index contributed by atoms with van der Waals surface area (Å²) < 4.78 is 10.7. The van der Waals surface area contributed by atoms with Gasteiger partial charge in [-0.1, -0.05) is 36.4 Å². The lowest BCUT2D eigenvalue weighted by molar-refractivity contribution is 0.668. The predicted molar refractivity (Wildman–Crippen MR) is 177 cm³/mol. The van der Waals surface area contributed by atoms with Gasteiger partial charge in [0.15, 0.2) is 5.58 Å². The Kier molecular flexibility index (Phi) is 5.00. The molecule has 0 aliphatic rings. The Bertz CT molecular complexity index is 2790. The number of hydrogen-bond donors (Lipinski definition) is 0. The van der Waals surface area contributed by atoms with Gasteiger partial charge in [0.2, 0.25) is 0 Å². The van der Waals surface area contributed by atoms with Gasteiger partial charge in [0.25, 0.3) is 0 Å². The van der Waals surface area contributed by atoms with E-state index in [-0.39, 0.29) is 0 Å². The van der Waals surface area contributed by atoms with Crippen molar-refractivity contribution in [3.05, 3.63) is 132 Å². The molecular formula is C39H19N5O. The zero-order valence-electron chi connectivity index (χ0n) is 23.6. The van der Waals surface area contributed by atoms with Crippen LogP contribution in [-0.2, 0) is 0 Å². The molecule has 3 aromatic heterocycles. The van der Waals surface area contributed by atoms with E-state index in [1.165, 1.54) is 0 Å². The van der Waals surface area contributed by atoms with Crippen LogP contribution in [0.4, 0.5) is 0 Å². The molecule has 0 saturated carbocycles. The lowest BCUT2D eigenvalue weighted by Gasteiger charge is -2.13. The Balaban J connectivity index is 1.35. The standard InChI is InChI=1S/C39H19N5O/c40-20-23-11-13-33-30(17-23)31-18-24(21-41)12-14-34(31)43(33)26-6-4-7-27(19-26)44-32-10-2-1-8-28(32)37-35(44)15-16-36-38(37)29-9-3-5-25(22-42)39(29)45-36/h1-19H. The first-order chi connectivity index (χ1) is 22.2.